The summed E-state index contributed by atoms with van der Waals surface area (Å²) in [5.41, 5.74) is 1.25. The Balaban J connectivity index is 2.35. The Bertz CT molecular complexity index is 547. The lowest BCUT2D eigenvalue weighted by atomic mass is 10.1. The molecule has 6 nitrogen and oxygen atoms in total. The first-order valence-corrected chi connectivity index (χ1v) is 9.46. The standard InChI is InChI=1S/C20H36N4O2/c1-7-26-19-15-17(10-11-18(19)25-6)9-8-12-22-20(21-4)23-13-14-24(5)16(2)3/h10-11,15-16H,7-9,12-14H2,1-6H3,(H2,21,22,23). The first-order valence-electron chi connectivity index (χ1n) is 9.46. The molecule has 1 rings (SSSR count). The summed E-state index contributed by atoms with van der Waals surface area (Å²) >= 11 is 0. The van der Waals surface area contributed by atoms with E-state index in [0.717, 1.165) is 49.9 Å². The van der Waals surface area contributed by atoms with Crippen LogP contribution < -0.4 is 20.1 Å². The van der Waals surface area contributed by atoms with Crippen molar-refractivity contribution in [3.05, 3.63) is 23.8 Å². The number of hydrogen-bond donors (Lipinski definition) is 2. The van der Waals surface area contributed by atoms with Gasteiger partial charge in [0.1, 0.15) is 0 Å². The second kappa shape index (κ2) is 12.4. The van der Waals surface area contributed by atoms with Crippen molar-refractivity contribution in [2.24, 2.45) is 4.99 Å². The fourth-order valence-electron chi connectivity index (χ4n) is 2.47. The lowest BCUT2D eigenvalue weighted by Gasteiger charge is -2.21. The summed E-state index contributed by atoms with van der Waals surface area (Å²) in [4.78, 5) is 6.58. The van der Waals surface area contributed by atoms with E-state index in [2.05, 4.69) is 53.6 Å². The Hall–Kier alpha value is -1.95. The lowest BCUT2D eigenvalue weighted by Crippen LogP contribution is -2.42. The Morgan fingerprint density at radius 1 is 1.19 bits per heavy atom. The van der Waals surface area contributed by atoms with E-state index in [4.69, 9.17) is 9.47 Å². The van der Waals surface area contributed by atoms with E-state index < -0.39 is 0 Å². The molecule has 0 aliphatic heterocycles. The molecule has 0 heterocycles. The molecular formula is C20H36N4O2. The van der Waals surface area contributed by atoms with E-state index in [9.17, 15) is 0 Å². The van der Waals surface area contributed by atoms with Crippen molar-refractivity contribution in [2.45, 2.75) is 39.7 Å². The van der Waals surface area contributed by atoms with E-state index in [-0.39, 0.29) is 0 Å². The maximum absolute atomic E-state index is 5.64. The molecule has 0 unspecified atom stereocenters. The number of hydrogen-bond acceptors (Lipinski definition) is 4. The third kappa shape index (κ3) is 7.95. The minimum atomic E-state index is 0.554. The van der Waals surface area contributed by atoms with Gasteiger partial charge in [-0.15, -0.1) is 0 Å². The highest BCUT2D eigenvalue weighted by atomic mass is 16.5. The predicted molar refractivity (Wildman–Crippen MR) is 110 cm³/mol. The topological polar surface area (TPSA) is 58.1 Å². The zero-order valence-corrected chi connectivity index (χ0v) is 17.3. The highest BCUT2D eigenvalue weighted by molar-refractivity contribution is 5.79. The van der Waals surface area contributed by atoms with Crippen molar-refractivity contribution in [3.63, 3.8) is 0 Å². The number of aryl methyl sites for hydroxylation is 1. The molecule has 0 amide bonds. The number of ether oxygens (including phenoxy) is 2. The molecule has 2 N–H and O–H groups in total. The molecule has 0 bridgehead atoms. The van der Waals surface area contributed by atoms with Crippen LogP contribution in [0, 0.1) is 0 Å². The molecular weight excluding hydrogens is 328 g/mol. The number of nitrogens with zero attached hydrogens (tertiary/aromatic N) is 2. The van der Waals surface area contributed by atoms with Gasteiger partial charge in [-0.05, 0) is 58.4 Å². The van der Waals surface area contributed by atoms with Crippen molar-refractivity contribution in [3.8, 4) is 11.5 Å². The third-order valence-corrected chi connectivity index (χ3v) is 4.32. The molecule has 1 aromatic rings. The van der Waals surface area contributed by atoms with Crippen molar-refractivity contribution in [2.75, 3.05) is 47.4 Å². The Kier molecular flexibility index (Phi) is 10.5. The summed E-state index contributed by atoms with van der Waals surface area (Å²) < 4.78 is 11.0. The van der Waals surface area contributed by atoms with E-state index in [1.54, 1.807) is 14.2 Å². The molecule has 1 aromatic carbocycles. The number of aliphatic imine (C=N–C) groups is 1. The van der Waals surface area contributed by atoms with Gasteiger partial charge < -0.3 is 25.0 Å². The minimum absolute atomic E-state index is 0.554. The summed E-state index contributed by atoms with van der Waals surface area (Å²) in [6.45, 7) is 9.75. The van der Waals surface area contributed by atoms with E-state index in [0.29, 0.717) is 12.6 Å². The second-order valence-electron chi connectivity index (χ2n) is 6.52. The van der Waals surface area contributed by atoms with Gasteiger partial charge in [-0.2, -0.15) is 0 Å². The van der Waals surface area contributed by atoms with Crippen molar-refractivity contribution < 1.29 is 9.47 Å². The number of likely N-dealkylation sites (N-methyl/N-ethyl adjacent to an activating group) is 1. The summed E-state index contributed by atoms with van der Waals surface area (Å²) in [6.07, 6.45) is 1.99. The Labute approximate surface area is 159 Å². The maximum atomic E-state index is 5.64. The molecule has 26 heavy (non-hydrogen) atoms. The first kappa shape index (κ1) is 22.1. The quantitative estimate of drug-likeness (QED) is 0.359. The second-order valence-corrected chi connectivity index (χ2v) is 6.52. The van der Waals surface area contributed by atoms with Gasteiger partial charge in [0, 0.05) is 32.7 Å². The highest BCUT2D eigenvalue weighted by Crippen LogP contribution is 2.28. The molecule has 0 aromatic heterocycles. The molecule has 0 aliphatic rings. The van der Waals surface area contributed by atoms with Crippen LogP contribution in [-0.4, -0.2) is 64.3 Å². The van der Waals surface area contributed by atoms with Gasteiger partial charge in [-0.25, -0.2) is 0 Å². The van der Waals surface area contributed by atoms with Gasteiger partial charge in [-0.1, -0.05) is 6.07 Å². The van der Waals surface area contributed by atoms with E-state index in [1.807, 2.05) is 13.0 Å². The number of guanidine groups is 1. The van der Waals surface area contributed by atoms with Gasteiger partial charge in [0.25, 0.3) is 0 Å². The average Bonchev–Trinajstić information content (AvgIpc) is 2.63. The van der Waals surface area contributed by atoms with Gasteiger partial charge in [-0.3, -0.25) is 4.99 Å². The third-order valence-electron chi connectivity index (χ3n) is 4.32. The number of benzene rings is 1. The van der Waals surface area contributed by atoms with E-state index >= 15 is 0 Å². The summed E-state index contributed by atoms with van der Waals surface area (Å²) in [5, 5.41) is 6.72. The Morgan fingerprint density at radius 2 is 1.92 bits per heavy atom. The first-order chi connectivity index (χ1) is 12.5. The predicted octanol–water partition coefficient (Wildman–Crippen LogP) is 2.53. The van der Waals surface area contributed by atoms with Crippen LogP contribution in [0.1, 0.15) is 32.8 Å². The van der Waals surface area contributed by atoms with Crippen LogP contribution in [0.2, 0.25) is 0 Å². The summed E-state index contributed by atoms with van der Waals surface area (Å²) in [7, 11) is 5.60. The SMILES string of the molecule is CCOc1cc(CCCNC(=NC)NCCN(C)C(C)C)ccc1OC. The highest BCUT2D eigenvalue weighted by Gasteiger charge is 2.06. The zero-order chi connectivity index (χ0) is 19.4. The molecule has 148 valence electrons. The number of rotatable bonds is 11. The van der Waals surface area contributed by atoms with Crippen molar-refractivity contribution >= 4 is 5.96 Å². The normalized spacial score (nSPS) is 11.8. The molecule has 0 spiro atoms. The maximum Gasteiger partial charge on any atom is 0.191 e. The monoisotopic (exact) mass is 364 g/mol. The van der Waals surface area contributed by atoms with Crippen LogP contribution in [0.4, 0.5) is 0 Å². The summed E-state index contributed by atoms with van der Waals surface area (Å²) in [5.74, 6) is 2.45. The molecule has 0 saturated heterocycles. The fourth-order valence-corrected chi connectivity index (χ4v) is 2.47. The van der Waals surface area contributed by atoms with Crippen molar-refractivity contribution in [1.82, 2.24) is 15.5 Å². The van der Waals surface area contributed by atoms with Gasteiger partial charge >= 0.3 is 0 Å². The molecule has 0 saturated carbocycles. The van der Waals surface area contributed by atoms with Gasteiger partial charge in [0.15, 0.2) is 17.5 Å². The van der Waals surface area contributed by atoms with Crippen LogP contribution in [-0.2, 0) is 6.42 Å². The number of methoxy groups -OCH3 is 1. The largest absolute Gasteiger partial charge is 0.493 e. The molecule has 0 aliphatic carbocycles. The summed E-state index contributed by atoms with van der Waals surface area (Å²) in [6, 6.07) is 6.69. The van der Waals surface area contributed by atoms with Crippen molar-refractivity contribution in [1.29, 1.82) is 0 Å². The van der Waals surface area contributed by atoms with Crippen LogP contribution in [0.25, 0.3) is 0 Å². The van der Waals surface area contributed by atoms with Crippen LogP contribution in [0.15, 0.2) is 23.2 Å². The minimum Gasteiger partial charge on any atom is -0.493 e. The zero-order valence-electron chi connectivity index (χ0n) is 17.3. The van der Waals surface area contributed by atoms with Crippen LogP contribution in [0.5, 0.6) is 11.5 Å². The van der Waals surface area contributed by atoms with Gasteiger partial charge in [0.05, 0.1) is 13.7 Å². The molecule has 6 heteroatoms. The van der Waals surface area contributed by atoms with Crippen LogP contribution >= 0.6 is 0 Å². The molecule has 0 atom stereocenters. The smallest absolute Gasteiger partial charge is 0.191 e. The lowest BCUT2D eigenvalue weighted by molar-refractivity contribution is 0.278. The Morgan fingerprint density at radius 3 is 2.54 bits per heavy atom. The van der Waals surface area contributed by atoms with Gasteiger partial charge in [0.2, 0.25) is 0 Å². The molecule has 0 fully saturated rings. The fraction of sp³-hybridized carbons (Fsp3) is 0.650. The van der Waals surface area contributed by atoms with Crippen LogP contribution in [0.3, 0.4) is 0 Å². The van der Waals surface area contributed by atoms with E-state index in [1.165, 1.54) is 5.56 Å². The molecule has 0 radical (unpaired) electrons. The average molecular weight is 365 g/mol. The number of nitrogens with one attached hydrogen (secondary N) is 2.